The SMILES string of the molecule is O=C(CN1C(=O)[C@H]2CC=CC[C@@H]2C1=O)Nc1ccc(Cl)c(C(F)(F)F)c1. The molecule has 2 atom stereocenters. The fourth-order valence-electron chi connectivity index (χ4n) is 3.19. The lowest BCUT2D eigenvalue weighted by Gasteiger charge is -2.15. The summed E-state index contributed by atoms with van der Waals surface area (Å²) in [7, 11) is 0. The smallest absolute Gasteiger partial charge is 0.325 e. The third-order valence-electron chi connectivity index (χ3n) is 4.46. The predicted octanol–water partition coefficient (Wildman–Crippen LogP) is 3.25. The third-order valence-corrected chi connectivity index (χ3v) is 4.79. The van der Waals surface area contributed by atoms with Gasteiger partial charge < -0.3 is 5.32 Å². The zero-order chi connectivity index (χ0) is 19.1. The monoisotopic (exact) mass is 386 g/mol. The number of likely N-dealkylation sites (tertiary alicyclic amines) is 1. The van der Waals surface area contributed by atoms with Crippen LogP contribution in [-0.4, -0.2) is 29.2 Å². The Bertz CT molecular complexity index is 781. The van der Waals surface area contributed by atoms with E-state index in [2.05, 4.69) is 5.32 Å². The first kappa shape index (κ1) is 18.4. The maximum atomic E-state index is 12.9. The first-order valence-electron chi connectivity index (χ1n) is 7.85. The number of hydrogen-bond acceptors (Lipinski definition) is 3. The number of imide groups is 1. The summed E-state index contributed by atoms with van der Waals surface area (Å²) in [6, 6.07) is 2.94. The van der Waals surface area contributed by atoms with Crippen molar-refractivity contribution in [3.05, 3.63) is 40.9 Å². The number of carbonyl (C=O) groups is 3. The van der Waals surface area contributed by atoms with Gasteiger partial charge in [0.05, 0.1) is 22.4 Å². The van der Waals surface area contributed by atoms with Crippen molar-refractivity contribution < 1.29 is 27.6 Å². The van der Waals surface area contributed by atoms with Gasteiger partial charge in [-0.15, -0.1) is 0 Å². The Hall–Kier alpha value is -2.35. The van der Waals surface area contributed by atoms with E-state index < -0.39 is 52.9 Å². The van der Waals surface area contributed by atoms with Crippen LogP contribution in [0.1, 0.15) is 18.4 Å². The zero-order valence-electron chi connectivity index (χ0n) is 13.3. The van der Waals surface area contributed by atoms with Crippen LogP contribution in [0.5, 0.6) is 0 Å². The van der Waals surface area contributed by atoms with Crippen LogP contribution in [0.3, 0.4) is 0 Å². The number of anilines is 1. The number of rotatable bonds is 3. The van der Waals surface area contributed by atoms with E-state index in [0.717, 1.165) is 11.0 Å². The molecule has 3 amide bonds. The summed E-state index contributed by atoms with van der Waals surface area (Å²) >= 11 is 5.53. The number of amides is 3. The lowest BCUT2D eigenvalue weighted by molar-refractivity contribution is -0.142. The van der Waals surface area contributed by atoms with E-state index in [1.807, 2.05) is 12.2 Å². The van der Waals surface area contributed by atoms with E-state index >= 15 is 0 Å². The van der Waals surface area contributed by atoms with Crippen LogP contribution < -0.4 is 5.32 Å². The average Bonchev–Trinajstić information content (AvgIpc) is 2.81. The first-order valence-corrected chi connectivity index (χ1v) is 8.23. The number of benzene rings is 1. The minimum absolute atomic E-state index is 0.120. The molecule has 1 fully saturated rings. The molecule has 1 heterocycles. The molecular weight excluding hydrogens is 373 g/mol. The summed E-state index contributed by atoms with van der Waals surface area (Å²) in [5.74, 6) is -2.53. The van der Waals surface area contributed by atoms with Crippen LogP contribution in [0.4, 0.5) is 18.9 Å². The van der Waals surface area contributed by atoms with E-state index in [0.29, 0.717) is 18.9 Å². The lowest BCUT2D eigenvalue weighted by Crippen LogP contribution is -2.38. The Morgan fingerprint density at radius 1 is 1.15 bits per heavy atom. The van der Waals surface area contributed by atoms with Crippen LogP contribution in [0, 0.1) is 11.8 Å². The van der Waals surface area contributed by atoms with E-state index in [1.165, 1.54) is 6.07 Å². The summed E-state index contributed by atoms with van der Waals surface area (Å²) in [4.78, 5) is 37.6. The molecule has 0 spiro atoms. The fourth-order valence-corrected chi connectivity index (χ4v) is 3.41. The second-order valence-electron chi connectivity index (χ2n) is 6.16. The molecule has 1 aliphatic carbocycles. The number of carbonyl (C=O) groups excluding carboxylic acids is 3. The molecule has 0 radical (unpaired) electrons. The Balaban J connectivity index is 1.70. The van der Waals surface area contributed by atoms with Gasteiger partial charge in [-0.05, 0) is 31.0 Å². The van der Waals surface area contributed by atoms with Gasteiger partial charge in [-0.25, -0.2) is 0 Å². The van der Waals surface area contributed by atoms with Crippen molar-refractivity contribution in [1.29, 1.82) is 0 Å². The largest absolute Gasteiger partial charge is 0.417 e. The van der Waals surface area contributed by atoms with Crippen LogP contribution in [0.15, 0.2) is 30.4 Å². The first-order chi connectivity index (χ1) is 12.2. The molecule has 5 nitrogen and oxygen atoms in total. The van der Waals surface area contributed by atoms with Gasteiger partial charge in [0.1, 0.15) is 6.54 Å². The van der Waals surface area contributed by atoms with Gasteiger partial charge in [-0.1, -0.05) is 23.8 Å². The number of halogens is 4. The van der Waals surface area contributed by atoms with E-state index in [4.69, 9.17) is 11.6 Å². The van der Waals surface area contributed by atoms with E-state index in [9.17, 15) is 27.6 Å². The Morgan fingerprint density at radius 3 is 2.27 bits per heavy atom. The summed E-state index contributed by atoms with van der Waals surface area (Å²) in [5, 5.41) is 1.78. The molecule has 0 unspecified atom stereocenters. The summed E-state index contributed by atoms with van der Waals surface area (Å²) in [6.07, 6.45) is -0.134. The molecule has 0 aromatic heterocycles. The van der Waals surface area contributed by atoms with Crippen LogP contribution in [-0.2, 0) is 20.6 Å². The molecule has 1 aliphatic heterocycles. The number of fused-ring (bicyclic) bond motifs is 1. The van der Waals surface area contributed by atoms with Crippen LogP contribution >= 0.6 is 11.6 Å². The van der Waals surface area contributed by atoms with E-state index in [-0.39, 0.29) is 5.69 Å². The molecule has 1 aromatic rings. The van der Waals surface area contributed by atoms with Gasteiger partial charge in [-0.2, -0.15) is 13.2 Å². The summed E-state index contributed by atoms with van der Waals surface area (Å²) in [5.41, 5.74) is -1.20. The molecule has 0 bridgehead atoms. The van der Waals surface area contributed by atoms with Gasteiger partial charge >= 0.3 is 6.18 Å². The number of alkyl halides is 3. The summed E-state index contributed by atoms with van der Waals surface area (Å²) in [6.45, 7) is -0.533. The number of nitrogens with one attached hydrogen (secondary N) is 1. The van der Waals surface area contributed by atoms with Crippen molar-refractivity contribution in [3.8, 4) is 0 Å². The van der Waals surface area contributed by atoms with Crippen molar-refractivity contribution >= 4 is 35.0 Å². The molecule has 1 saturated heterocycles. The quantitative estimate of drug-likeness (QED) is 0.640. The molecule has 0 saturated carbocycles. The van der Waals surface area contributed by atoms with Crippen molar-refractivity contribution in [3.63, 3.8) is 0 Å². The highest BCUT2D eigenvalue weighted by Crippen LogP contribution is 2.37. The normalized spacial score (nSPS) is 22.5. The van der Waals surface area contributed by atoms with Gasteiger partial charge in [0.15, 0.2) is 0 Å². The number of allylic oxidation sites excluding steroid dienone is 2. The molecule has 1 N–H and O–H groups in total. The van der Waals surface area contributed by atoms with Crippen LogP contribution in [0.25, 0.3) is 0 Å². The van der Waals surface area contributed by atoms with E-state index in [1.54, 1.807) is 0 Å². The van der Waals surface area contributed by atoms with Crippen LogP contribution in [0.2, 0.25) is 5.02 Å². The van der Waals surface area contributed by atoms with Crippen molar-refractivity contribution in [2.24, 2.45) is 11.8 Å². The standard InChI is InChI=1S/C17H14ClF3N2O3/c18-13-6-5-9(7-12(13)17(19,20)21)22-14(24)8-23-15(25)10-3-1-2-4-11(10)16(23)26/h1-2,5-7,10-11H,3-4,8H2,(H,22,24)/t10-,11-/m0/s1. The van der Waals surface area contributed by atoms with Gasteiger partial charge in [0.2, 0.25) is 17.7 Å². The molecule has 26 heavy (non-hydrogen) atoms. The highest BCUT2D eigenvalue weighted by molar-refractivity contribution is 6.31. The second-order valence-corrected chi connectivity index (χ2v) is 6.57. The minimum atomic E-state index is -4.67. The summed E-state index contributed by atoms with van der Waals surface area (Å²) < 4.78 is 38.6. The molecule has 2 aliphatic rings. The molecule has 3 rings (SSSR count). The minimum Gasteiger partial charge on any atom is -0.325 e. The van der Waals surface area contributed by atoms with Crippen molar-refractivity contribution in [1.82, 2.24) is 4.90 Å². The van der Waals surface area contributed by atoms with Gasteiger partial charge in [-0.3, -0.25) is 19.3 Å². The highest BCUT2D eigenvalue weighted by atomic mass is 35.5. The fraction of sp³-hybridized carbons (Fsp3) is 0.353. The highest BCUT2D eigenvalue weighted by Gasteiger charge is 2.47. The topological polar surface area (TPSA) is 66.5 Å². The Morgan fingerprint density at radius 2 is 1.73 bits per heavy atom. The number of hydrogen-bond donors (Lipinski definition) is 1. The zero-order valence-corrected chi connectivity index (χ0v) is 14.1. The maximum Gasteiger partial charge on any atom is 0.417 e. The van der Waals surface area contributed by atoms with Crippen molar-refractivity contribution in [2.75, 3.05) is 11.9 Å². The van der Waals surface area contributed by atoms with Gasteiger partial charge in [0, 0.05) is 5.69 Å². The van der Waals surface area contributed by atoms with Gasteiger partial charge in [0.25, 0.3) is 0 Å². The lowest BCUT2D eigenvalue weighted by atomic mass is 9.85. The third kappa shape index (κ3) is 3.46. The molecular formula is C17H14ClF3N2O3. The molecule has 1 aromatic carbocycles. The second kappa shape index (κ2) is 6.75. The van der Waals surface area contributed by atoms with Crippen molar-refractivity contribution in [2.45, 2.75) is 19.0 Å². The Labute approximate surface area is 151 Å². The molecule has 9 heteroatoms. The maximum absolute atomic E-state index is 12.9. The Kier molecular flexibility index (Phi) is 4.79. The average molecular weight is 387 g/mol. The predicted molar refractivity (Wildman–Crippen MR) is 87.2 cm³/mol. The number of nitrogens with zero attached hydrogens (tertiary/aromatic N) is 1. The molecule has 138 valence electrons.